The van der Waals surface area contributed by atoms with Crippen molar-refractivity contribution >= 4 is 11.6 Å². The van der Waals surface area contributed by atoms with Gasteiger partial charge in [-0.1, -0.05) is 17.7 Å². The van der Waals surface area contributed by atoms with Crippen LogP contribution in [0.4, 0.5) is 4.39 Å². The van der Waals surface area contributed by atoms with Crippen LogP contribution < -0.4 is 4.74 Å². The minimum atomic E-state index is -0.422. The smallest absolute Gasteiger partial charge is 0.174 e. The minimum absolute atomic E-state index is 0.199. The Labute approximate surface area is 121 Å². The molecule has 0 unspecified atom stereocenters. The fraction of sp³-hybridized carbons (Fsp3) is 0.333. The summed E-state index contributed by atoms with van der Waals surface area (Å²) in [5.74, 6) is 0.845. The molecule has 1 aliphatic carbocycles. The molecule has 1 aromatic heterocycles. The molecule has 3 rings (SSSR count). The van der Waals surface area contributed by atoms with Gasteiger partial charge in [0.15, 0.2) is 11.6 Å². The molecule has 2 aromatic rings. The lowest BCUT2D eigenvalue weighted by atomic mass is 10.1. The van der Waals surface area contributed by atoms with Crippen molar-refractivity contribution in [1.29, 1.82) is 0 Å². The minimum Gasteiger partial charge on any atom is -0.494 e. The lowest BCUT2D eigenvalue weighted by Gasteiger charge is -2.11. The van der Waals surface area contributed by atoms with Crippen molar-refractivity contribution in [2.24, 2.45) is 0 Å². The van der Waals surface area contributed by atoms with Crippen LogP contribution in [0.1, 0.15) is 30.1 Å². The predicted octanol–water partition coefficient (Wildman–Crippen LogP) is 4.13. The van der Waals surface area contributed by atoms with Crippen LogP contribution in [0.2, 0.25) is 5.15 Å². The average molecular weight is 293 g/mol. The van der Waals surface area contributed by atoms with E-state index in [9.17, 15) is 4.39 Å². The first-order valence-electron chi connectivity index (χ1n) is 6.48. The summed E-state index contributed by atoms with van der Waals surface area (Å²) in [6.45, 7) is 1.80. The quantitative estimate of drug-likeness (QED) is 0.798. The SMILES string of the molecule is COc1cccc(-c2nc(C3CC3)nc(Cl)c2C)c1F. The molecule has 0 N–H and O–H groups in total. The van der Waals surface area contributed by atoms with Gasteiger partial charge in [-0.15, -0.1) is 0 Å². The molecule has 1 saturated carbocycles. The Balaban J connectivity index is 2.18. The van der Waals surface area contributed by atoms with Crippen molar-refractivity contribution < 1.29 is 9.13 Å². The molecular formula is C15H14ClFN2O. The Morgan fingerprint density at radius 3 is 2.70 bits per heavy atom. The van der Waals surface area contributed by atoms with E-state index in [1.54, 1.807) is 25.1 Å². The van der Waals surface area contributed by atoms with Crippen molar-refractivity contribution in [2.75, 3.05) is 7.11 Å². The lowest BCUT2D eigenvalue weighted by molar-refractivity contribution is 0.387. The largest absolute Gasteiger partial charge is 0.494 e. The third kappa shape index (κ3) is 2.24. The van der Waals surface area contributed by atoms with Crippen molar-refractivity contribution in [3.8, 4) is 17.0 Å². The van der Waals surface area contributed by atoms with Gasteiger partial charge in [0, 0.05) is 17.0 Å². The molecule has 0 amide bonds. The summed E-state index contributed by atoms with van der Waals surface area (Å²) in [7, 11) is 1.44. The van der Waals surface area contributed by atoms with Gasteiger partial charge < -0.3 is 4.74 Å². The van der Waals surface area contributed by atoms with Crippen molar-refractivity contribution in [3.05, 3.63) is 40.6 Å². The van der Waals surface area contributed by atoms with Crippen LogP contribution in [0.3, 0.4) is 0 Å². The second kappa shape index (κ2) is 5.02. The second-order valence-corrected chi connectivity index (χ2v) is 5.30. The Morgan fingerprint density at radius 1 is 1.30 bits per heavy atom. The first kappa shape index (κ1) is 13.3. The molecule has 0 spiro atoms. The van der Waals surface area contributed by atoms with Crippen LogP contribution in [-0.2, 0) is 0 Å². The van der Waals surface area contributed by atoms with Gasteiger partial charge in [-0.25, -0.2) is 14.4 Å². The Bertz CT molecular complexity index is 671. The van der Waals surface area contributed by atoms with Crippen LogP contribution in [-0.4, -0.2) is 17.1 Å². The predicted molar refractivity (Wildman–Crippen MR) is 75.7 cm³/mol. The summed E-state index contributed by atoms with van der Waals surface area (Å²) in [6, 6.07) is 5.00. The van der Waals surface area contributed by atoms with E-state index in [1.165, 1.54) is 7.11 Å². The zero-order chi connectivity index (χ0) is 14.3. The summed E-state index contributed by atoms with van der Waals surface area (Å²) in [5, 5.41) is 0.388. The maximum absolute atomic E-state index is 14.4. The van der Waals surface area contributed by atoms with Crippen LogP contribution in [0.5, 0.6) is 5.75 Å². The van der Waals surface area contributed by atoms with Crippen LogP contribution >= 0.6 is 11.6 Å². The number of ether oxygens (including phenoxy) is 1. The van der Waals surface area contributed by atoms with E-state index in [2.05, 4.69) is 9.97 Å². The third-order valence-corrected chi connectivity index (χ3v) is 3.85. The monoisotopic (exact) mass is 292 g/mol. The van der Waals surface area contributed by atoms with Gasteiger partial charge in [0.1, 0.15) is 11.0 Å². The summed E-state index contributed by atoms with van der Waals surface area (Å²) in [5.41, 5.74) is 1.62. The molecular weight excluding hydrogens is 279 g/mol. The molecule has 0 aliphatic heterocycles. The summed E-state index contributed by atoms with van der Waals surface area (Å²) in [6.07, 6.45) is 2.14. The zero-order valence-corrected chi connectivity index (χ0v) is 12.0. The molecule has 5 heteroatoms. The van der Waals surface area contributed by atoms with E-state index < -0.39 is 5.82 Å². The molecule has 0 atom stereocenters. The number of benzene rings is 1. The summed E-state index contributed by atoms with van der Waals surface area (Å²) >= 11 is 6.16. The highest BCUT2D eigenvalue weighted by Crippen LogP contribution is 2.40. The van der Waals surface area contributed by atoms with Crippen LogP contribution in [0.15, 0.2) is 18.2 Å². The number of halogens is 2. The highest BCUT2D eigenvalue weighted by molar-refractivity contribution is 6.30. The van der Waals surface area contributed by atoms with Crippen molar-refractivity contribution in [2.45, 2.75) is 25.7 Å². The number of hydrogen-bond acceptors (Lipinski definition) is 3. The van der Waals surface area contributed by atoms with E-state index in [0.717, 1.165) is 12.8 Å². The Kier molecular flexibility index (Phi) is 3.34. The van der Waals surface area contributed by atoms with Gasteiger partial charge in [0.25, 0.3) is 0 Å². The fourth-order valence-electron chi connectivity index (χ4n) is 2.14. The van der Waals surface area contributed by atoms with E-state index >= 15 is 0 Å². The first-order chi connectivity index (χ1) is 9.61. The average Bonchev–Trinajstić information content (AvgIpc) is 3.27. The third-order valence-electron chi connectivity index (χ3n) is 3.48. The van der Waals surface area contributed by atoms with Crippen molar-refractivity contribution in [1.82, 2.24) is 9.97 Å². The van der Waals surface area contributed by atoms with E-state index in [4.69, 9.17) is 16.3 Å². The topological polar surface area (TPSA) is 35.0 Å². The van der Waals surface area contributed by atoms with E-state index in [-0.39, 0.29) is 5.75 Å². The lowest BCUT2D eigenvalue weighted by Crippen LogP contribution is -2.01. The normalized spacial score (nSPS) is 14.4. The molecule has 3 nitrogen and oxygen atoms in total. The van der Waals surface area contributed by atoms with Gasteiger partial charge in [0.2, 0.25) is 0 Å². The molecule has 104 valence electrons. The number of aromatic nitrogens is 2. The maximum Gasteiger partial charge on any atom is 0.174 e. The summed E-state index contributed by atoms with van der Waals surface area (Å²) < 4.78 is 19.4. The maximum atomic E-state index is 14.4. The highest BCUT2D eigenvalue weighted by Gasteiger charge is 2.28. The number of methoxy groups -OCH3 is 1. The molecule has 1 fully saturated rings. The molecule has 1 aliphatic rings. The molecule has 1 heterocycles. The number of rotatable bonds is 3. The Hall–Kier alpha value is -1.68. The molecule has 0 bridgehead atoms. The zero-order valence-electron chi connectivity index (χ0n) is 11.3. The standard InChI is InChI=1S/C15H14ClFN2O/c1-8-13(10-4-3-5-11(20-2)12(10)17)18-15(9-6-7-9)19-14(8)16/h3-5,9H,6-7H2,1-2H3. The van der Waals surface area contributed by atoms with Crippen LogP contribution in [0, 0.1) is 12.7 Å². The van der Waals surface area contributed by atoms with Crippen LogP contribution in [0.25, 0.3) is 11.3 Å². The second-order valence-electron chi connectivity index (χ2n) is 4.94. The first-order valence-corrected chi connectivity index (χ1v) is 6.86. The number of nitrogens with zero attached hydrogens (tertiary/aromatic N) is 2. The van der Waals surface area contributed by atoms with E-state index in [0.29, 0.717) is 33.7 Å². The number of hydrogen-bond donors (Lipinski definition) is 0. The molecule has 20 heavy (non-hydrogen) atoms. The molecule has 1 aromatic carbocycles. The molecule has 0 radical (unpaired) electrons. The van der Waals surface area contributed by atoms with Gasteiger partial charge in [-0.3, -0.25) is 0 Å². The summed E-state index contributed by atoms with van der Waals surface area (Å²) in [4.78, 5) is 8.80. The molecule has 0 saturated heterocycles. The van der Waals surface area contributed by atoms with Gasteiger partial charge in [-0.05, 0) is 31.9 Å². The van der Waals surface area contributed by atoms with E-state index in [1.807, 2.05) is 0 Å². The van der Waals surface area contributed by atoms with Gasteiger partial charge >= 0.3 is 0 Å². The highest BCUT2D eigenvalue weighted by atomic mass is 35.5. The fourth-order valence-corrected chi connectivity index (χ4v) is 2.32. The Morgan fingerprint density at radius 2 is 2.05 bits per heavy atom. The van der Waals surface area contributed by atoms with Gasteiger partial charge in [-0.2, -0.15) is 0 Å². The van der Waals surface area contributed by atoms with Gasteiger partial charge in [0.05, 0.1) is 12.8 Å². The van der Waals surface area contributed by atoms with Crippen molar-refractivity contribution in [3.63, 3.8) is 0 Å².